The van der Waals surface area contributed by atoms with Crippen LogP contribution in [0.1, 0.15) is 10.4 Å². The fourth-order valence-corrected chi connectivity index (χ4v) is 1.36. The molecule has 0 radical (unpaired) electrons. The van der Waals surface area contributed by atoms with Gasteiger partial charge in [0.1, 0.15) is 0 Å². The van der Waals surface area contributed by atoms with E-state index < -0.39 is 11.8 Å². The van der Waals surface area contributed by atoms with Crippen molar-refractivity contribution in [2.45, 2.75) is 0 Å². The normalized spacial score (nSPS) is 10.6. The molecule has 1 rings (SSSR count). The van der Waals surface area contributed by atoms with E-state index in [0.717, 1.165) is 6.07 Å². The van der Waals surface area contributed by atoms with Gasteiger partial charge in [0.25, 0.3) is 0 Å². The van der Waals surface area contributed by atoms with E-state index in [-0.39, 0.29) is 56.9 Å². The Hall–Kier alpha value is 0.861. The Balaban J connectivity index is 0.00000121. The summed E-state index contributed by atoms with van der Waals surface area (Å²) in [6.45, 7) is -4.93. The Kier molecular flexibility index (Phi) is 5.27. The zero-order valence-electron chi connectivity index (χ0n) is 6.26. The SMILES string of the molecule is O=Cc1csc([B-](F)(F)F)c1.[K+]. The van der Waals surface area contributed by atoms with Crippen LogP contribution in [0.2, 0.25) is 0 Å². The molecule has 0 aliphatic carbocycles. The predicted octanol–water partition coefficient (Wildman–Crippen LogP) is -1.38. The molecule has 0 aliphatic heterocycles. The maximum Gasteiger partial charge on any atom is 1.00 e. The molecule has 0 atom stereocenters. The first-order valence-corrected chi connectivity index (χ1v) is 3.65. The second kappa shape index (κ2) is 4.92. The summed E-state index contributed by atoms with van der Waals surface area (Å²) < 4.78 is 35.0. The first kappa shape index (κ1) is 12.9. The molecule has 1 aromatic heterocycles. The molecular formula is C5H3BF3KOS. The Morgan fingerprint density at radius 3 is 2.25 bits per heavy atom. The van der Waals surface area contributed by atoms with Crippen molar-refractivity contribution in [2.24, 2.45) is 0 Å². The second-order valence-corrected chi connectivity index (χ2v) is 2.92. The van der Waals surface area contributed by atoms with E-state index in [1.165, 1.54) is 5.38 Å². The topological polar surface area (TPSA) is 17.1 Å². The minimum atomic E-state index is -4.93. The van der Waals surface area contributed by atoms with Crippen LogP contribution in [0.5, 0.6) is 0 Å². The quantitative estimate of drug-likeness (QED) is 0.441. The van der Waals surface area contributed by atoms with Gasteiger partial charge in [-0.05, 0) is 5.38 Å². The molecule has 1 aromatic rings. The third kappa shape index (κ3) is 3.31. The minimum Gasteiger partial charge on any atom is -0.444 e. The maximum atomic E-state index is 11.9. The van der Waals surface area contributed by atoms with E-state index >= 15 is 0 Å². The summed E-state index contributed by atoms with van der Waals surface area (Å²) in [5.74, 6) is 0. The first-order valence-electron chi connectivity index (χ1n) is 2.77. The minimum absolute atomic E-state index is 0. The van der Waals surface area contributed by atoms with E-state index in [9.17, 15) is 17.7 Å². The Labute approximate surface area is 114 Å². The summed E-state index contributed by atoms with van der Waals surface area (Å²) in [4.78, 5) is 9.99. The second-order valence-electron chi connectivity index (χ2n) is 1.98. The van der Waals surface area contributed by atoms with E-state index in [4.69, 9.17) is 0 Å². The van der Waals surface area contributed by atoms with Crippen molar-refractivity contribution in [3.63, 3.8) is 0 Å². The summed E-state index contributed by atoms with van der Waals surface area (Å²) in [6, 6.07) is 0.859. The molecule has 0 saturated carbocycles. The number of aldehydes is 1. The van der Waals surface area contributed by atoms with E-state index in [0.29, 0.717) is 17.6 Å². The van der Waals surface area contributed by atoms with Crippen LogP contribution >= 0.6 is 11.3 Å². The number of hydrogen-bond donors (Lipinski definition) is 0. The molecule has 0 amide bonds. The molecule has 0 aliphatic rings. The van der Waals surface area contributed by atoms with Crippen LogP contribution in [-0.4, -0.2) is 13.3 Å². The molecule has 1 nitrogen and oxygen atoms in total. The van der Waals surface area contributed by atoms with E-state index in [1.54, 1.807) is 0 Å². The van der Waals surface area contributed by atoms with Crippen molar-refractivity contribution in [1.82, 2.24) is 0 Å². The molecule has 0 spiro atoms. The largest absolute Gasteiger partial charge is 1.00 e. The van der Waals surface area contributed by atoms with E-state index in [1.807, 2.05) is 0 Å². The van der Waals surface area contributed by atoms with Crippen LogP contribution in [0.25, 0.3) is 0 Å². The monoisotopic (exact) mass is 218 g/mol. The number of thiophene rings is 1. The summed E-state index contributed by atoms with van der Waals surface area (Å²) in [6.07, 6.45) is 0.405. The Bertz CT molecular complexity index is 272. The number of halogens is 3. The molecule has 60 valence electrons. The number of rotatable bonds is 2. The van der Waals surface area contributed by atoms with Crippen molar-refractivity contribution in [1.29, 1.82) is 0 Å². The number of carbonyl (C=O) groups is 1. The molecule has 0 fully saturated rings. The molecular weight excluding hydrogens is 215 g/mol. The summed E-state index contributed by atoms with van der Waals surface area (Å²) in [5, 5.41) is 1.19. The predicted molar refractivity (Wildman–Crippen MR) is 38.4 cm³/mol. The van der Waals surface area contributed by atoms with Crippen LogP contribution in [-0.2, 0) is 0 Å². The fourth-order valence-electron chi connectivity index (χ4n) is 0.602. The Morgan fingerprint density at radius 2 is 2.00 bits per heavy atom. The van der Waals surface area contributed by atoms with Gasteiger partial charge in [0.05, 0.1) is 0 Å². The van der Waals surface area contributed by atoms with Gasteiger partial charge in [-0.3, -0.25) is 4.79 Å². The van der Waals surface area contributed by atoms with Gasteiger partial charge >= 0.3 is 58.4 Å². The summed E-state index contributed by atoms with van der Waals surface area (Å²) in [5.41, 5.74) is 0.0872. The maximum absolute atomic E-state index is 11.9. The van der Waals surface area contributed by atoms with Gasteiger partial charge in [0, 0.05) is 5.56 Å². The molecule has 7 heteroatoms. The van der Waals surface area contributed by atoms with Crippen molar-refractivity contribution >= 4 is 29.4 Å². The third-order valence-corrected chi connectivity index (χ3v) is 2.15. The Morgan fingerprint density at radius 1 is 1.42 bits per heavy atom. The van der Waals surface area contributed by atoms with Gasteiger partial charge in [-0.15, -0.1) is 0 Å². The van der Waals surface area contributed by atoms with Crippen molar-refractivity contribution in [3.05, 3.63) is 17.0 Å². The number of hydrogen-bond acceptors (Lipinski definition) is 2. The van der Waals surface area contributed by atoms with E-state index in [2.05, 4.69) is 0 Å². The summed E-state index contributed by atoms with van der Waals surface area (Å²) >= 11 is 0.553. The van der Waals surface area contributed by atoms with Gasteiger partial charge in [-0.1, -0.05) is 10.8 Å². The van der Waals surface area contributed by atoms with Gasteiger partial charge in [0.2, 0.25) is 0 Å². The van der Waals surface area contributed by atoms with Gasteiger partial charge < -0.3 is 12.9 Å². The molecule has 1 heterocycles. The average molecular weight is 218 g/mol. The molecule has 0 aromatic carbocycles. The van der Waals surface area contributed by atoms with Crippen LogP contribution in [0.4, 0.5) is 12.9 Å². The average Bonchev–Trinajstić information content (AvgIpc) is 2.32. The van der Waals surface area contributed by atoms with Gasteiger partial charge in [-0.25, -0.2) is 0 Å². The zero-order chi connectivity index (χ0) is 8.48. The standard InChI is InChI=1S/C5H3BF3OS.K/c7-6(8,9)5-1-4(2-10)3-11-5;/h1-3H;/q-1;+1. The fraction of sp³-hybridized carbons (Fsp3) is 0. The van der Waals surface area contributed by atoms with Crippen LogP contribution in [0.15, 0.2) is 11.4 Å². The molecule has 0 unspecified atom stereocenters. The van der Waals surface area contributed by atoms with Crippen molar-refractivity contribution in [3.8, 4) is 0 Å². The molecule has 12 heavy (non-hydrogen) atoms. The van der Waals surface area contributed by atoms with Crippen LogP contribution in [0, 0.1) is 0 Å². The first-order chi connectivity index (χ1) is 5.04. The third-order valence-electron chi connectivity index (χ3n) is 1.10. The number of carbonyl (C=O) groups excluding carboxylic acids is 1. The van der Waals surface area contributed by atoms with Crippen molar-refractivity contribution in [2.75, 3.05) is 0 Å². The van der Waals surface area contributed by atoms with Crippen LogP contribution < -0.4 is 56.2 Å². The van der Waals surface area contributed by atoms with Crippen molar-refractivity contribution < 1.29 is 69.1 Å². The van der Waals surface area contributed by atoms with Gasteiger partial charge in [0.15, 0.2) is 6.29 Å². The molecule has 0 saturated heterocycles. The molecule has 0 bridgehead atoms. The molecule has 0 N–H and O–H groups in total. The zero-order valence-corrected chi connectivity index (χ0v) is 10.2. The van der Waals surface area contributed by atoms with Crippen LogP contribution in [0.3, 0.4) is 0 Å². The smallest absolute Gasteiger partial charge is 0.444 e. The summed E-state index contributed by atoms with van der Waals surface area (Å²) in [7, 11) is 0. The van der Waals surface area contributed by atoms with Gasteiger partial charge in [-0.2, -0.15) is 11.3 Å².